The first-order valence-electron chi connectivity index (χ1n) is 11.3. The summed E-state index contributed by atoms with van der Waals surface area (Å²) in [6, 6.07) is 6.02. The molecule has 1 fully saturated rings. The predicted molar refractivity (Wildman–Crippen MR) is 124 cm³/mol. The third-order valence-electron chi connectivity index (χ3n) is 7.06. The molecule has 8 heteroatoms. The molecule has 170 valence electrons. The van der Waals surface area contributed by atoms with Gasteiger partial charge in [0.2, 0.25) is 0 Å². The smallest absolute Gasteiger partial charge is 0.306 e. The van der Waals surface area contributed by atoms with Crippen molar-refractivity contribution in [1.29, 1.82) is 0 Å². The van der Waals surface area contributed by atoms with E-state index in [0.717, 1.165) is 80.4 Å². The number of carbonyl (C=O) groups excluding carboxylic acids is 1. The first kappa shape index (κ1) is 21.6. The van der Waals surface area contributed by atoms with Gasteiger partial charge in [0.25, 0.3) is 0 Å². The van der Waals surface area contributed by atoms with Crippen LogP contribution in [0, 0.1) is 5.82 Å². The highest BCUT2D eigenvalue weighted by Gasteiger charge is 2.27. The van der Waals surface area contributed by atoms with E-state index in [4.69, 9.17) is 5.14 Å². The maximum absolute atomic E-state index is 14.9. The number of halogens is 1. The van der Waals surface area contributed by atoms with E-state index < -0.39 is 21.8 Å². The van der Waals surface area contributed by atoms with Crippen molar-refractivity contribution in [2.24, 2.45) is 9.50 Å². The number of hydrogen-bond donors (Lipinski definition) is 2. The van der Waals surface area contributed by atoms with Crippen molar-refractivity contribution in [1.82, 2.24) is 4.90 Å². The van der Waals surface area contributed by atoms with Crippen LogP contribution < -0.4 is 10.5 Å². The predicted octanol–water partition coefficient (Wildman–Crippen LogP) is 4.15. The number of aryl methyl sites for hydroxylation is 2. The largest absolute Gasteiger partial charge is 0.354 e. The van der Waals surface area contributed by atoms with E-state index >= 15 is 0 Å². The summed E-state index contributed by atoms with van der Waals surface area (Å²) >= 11 is 0. The summed E-state index contributed by atoms with van der Waals surface area (Å²) in [4.78, 5) is 14.7. The van der Waals surface area contributed by atoms with Crippen molar-refractivity contribution in [2.75, 3.05) is 25.5 Å². The van der Waals surface area contributed by atoms with E-state index in [1.807, 2.05) is 0 Å². The molecule has 1 aliphatic heterocycles. The van der Waals surface area contributed by atoms with E-state index in [1.165, 1.54) is 23.3 Å². The Bertz CT molecular complexity index is 1220. The zero-order chi connectivity index (χ0) is 22.5. The number of fused-ring (bicyclic) bond motifs is 2. The first-order chi connectivity index (χ1) is 15.3. The van der Waals surface area contributed by atoms with Gasteiger partial charge in [0, 0.05) is 12.2 Å². The van der Waals surface area contributed by atoms with Gasteiger partial charge in [-0.3, -0.25) is 0 Å². The van der Waals surface area contributed by atoms with Gasteiger partial charge in [-0.15, -0.1) is 4.36 Å². The fourth-order valence-corrected chi connectivity index (χ4v) is 6.33. The highest BCUT2D eigenvalue weighted by Crippen LogP contribution is 2.39. The molecule has 0 radical (unpaired) electrons. The molecule has 1 saturated heterocycles. The monoisotopic (exact) mass is 456 g/mol. The highest BCUT2D eigenvalue weighted by atomic mass is 32.2. The number of carbonyl (C=O) groups is 1. The lowest BCUT2D eigenvalue weighted by Gasteiger charge is -2.30. The van der Waals surface area contributed by atoms with Gasteiger partial charge in [0.05, 0.1) is 4.90 Å². The van der Waals surface area contributed by atoms with Gasteiger partial charge in [-0.05, 0) is 104 Å². The van der Waals surface area contributed by atoms with Crippen molar-refractivity contribution in [2.45, 2.75) is 55.8 Å². The second-order valence-electron chi connectivity index (χ2n) is 9.26. The van der Waals surface area contributed by atoms with Crippen molar-refractivity contribution in [3.8, 4) is 0 Å². The third kappa shape index (κ3) is 3.95. The number of anilines is 1. The summed E-state index contributed by atoms with van der Waals surface area (Å²) in [6.45, 7) is 1.89. The number of nitrogens with one attached hydrogen (secondary N) is 1. The summed E-state index contributed by atoms with van der Waals surface area (Å²) in [5.41, 5.74) is 6.44. The average molecular weight is 457 g/mol. The molecule has 0 aromatic heterocycles. The summed E-state index contributed by atoms with van der Waals surface area (Å²) in [5, 5.41) is 8.71. The fourth-order valence-electron chi connectivity index (χ4n) is 5.34. The molecule has 5 rings (SSSR count). The van der Waals surface area contributed by atoms with Gasteiger partial charge in [-0.25, -0.2) is 18.5 Å². The minimum Gasteiger partial charge on any atom is -0.306 e. The molecule has 1 heterocycles. The topological polar surface area (TPSA) is 87.8 Å². The summed E-state index contributed by atoms with van der Waals surface area (Å²) in [6.07, 6.45) is 6.92. The maximum Gasteiger partial charge on any atom is 0.354 e. The molecule has 0 spiro atoms. The van der Waals surface area contributed by atoms with Crippen molar-refractivity contribution < 1.29 is 13.4 Å². The standard InChI is InChI=1S/C24H29FN4O2S/c1-29-11-3-5-18(14-29)15-8-10-22(21(25)13-15)32(26,31)28-24(30)27-23-19-6-2-4-16(19)12-17-7-9-20(17)23/h8,10,12-13,18H,2-7,9,11,14H2,1H3,(H3,26,27,28,30,31)/t18-,32?/m1/s1. The zero-order valence-corrected chi connectivity index (χ0v) is 19.1. The van der Waals surface area contributed by atoms with Crippen LogP contribution in [-0.4, -0.2) is 35.3 Å². The van der Waals surface area contributed by atoms with Crippen LogP contribution in [0.2, 0.25) is 0 Å². The number of rotatable bonds is 3. The molecular weight excluding hydrogens is 427 g/mol. The molecule has 2 atom stereocenters. The lowest BCUT2D eigenvalue weighted by molar-refractivity contribution is 0.250. The first-order valence-corrected chi connectivity index (χ1v) is 12.9. The average Bonchev–Trinajstić information content (AvgIpc) is 3.18. The molecule has 3 N–H and O–H groups in total. The SMILES string of the molecule is CN1CCC[C@@H](c2ccc(S(N)(=O)=NC(=O)Nc3c4c(cc5c3CC5)CCC4)c(F)c2)C1. The quantitative estimate of drug-likeness (QED) is 0.727. The lowest BCUT2D eigenvalue weighted by Crippen LogP contribution is -2.30. The molecular formula is C24H29FN4O2S. The Balaban J connectivity index is 1.40. The summed E-state index contributed by atoms with van der Waals surface area (Å²) < 4.78 is 31.7. The van der Waals surface area contributed by atoms with Gasteiger partial charge < -0.3 is 10.2 Å². The number of urea groups is 1. The van der Waals surface area contributed by atoms with Crippen LogP contribution in [0.4, 0.5) is 14.9 Å². The Morgan fingerprint density at radius 1 is 1.16 bits per heavy atom. The van der Waals surface area contributed by atoms with Crippen LogP contribution >= 0.6 is 0 Å². The van der Waals surface area contributed by atoms with Gasteiger partial charge in [-0.2, -0.15) is 0 Å². The lowest BCUT2D eigenvalue weighted by atomic mass is 9.83. The van der Waals surface area contributed by atoms with Crippen LogP contribution in [0.5, 0.6) is 0 Å². The van der Waals surface area contributed by atoms with E-state index in [9.17, 15) is 13.4 Å². The molecule has 0 saturated carbocycles. The molecule has 3 aliphatic rings. The molecule has 2 amide bonds. The van der Waals surface area contributed by atoms with Gasteiger partial charge >= 0.3 is 6.03 Å². The Labute approximate surface area is 188 Å². The number of nitrogens with two attached hydrogens (primary N) is 1. The Kier molecular flexibility index (Phi) is 5.55. The minimum absolute atomic E-state index is 0.227. The van der Waals surface area contributed by atoms with Crippen LogP contribution in [0.1, 0.15) is 53.0 Å². The molecule has 6 nitrogen and oxygen atoms in total. The number of likely N-dealkylation sites (N-methyl/N-ethyl adjacent to an activating group) is 1. The van der Waals surface area contributed by atoms with Crippen LogP contribution in [0.3, 0.4) is 0 Å². The van der Waals surface area contributed by atoms with Crippen molar-refractivity contribution in [3.63, 3.8) is 0 Å². The van der Waals surface area contributed by atoms with Gasteiger partial charge in [0.1, 0.15) is 15.7 Å². The summed E-state index contributed by atoms with van der Waals surface area (Å²) in [5.74, 6) is -0.450. The molecule has 2 aromatic rings. The number of likely N-dealkylation sites (tertiary alicyclic amines) is 1. The van der Waals surface area contributed by atoms with E-state index in [0.29, 0.717) is 0 Å². The van der Waals surface area contributed by atoms with Crippen LogP contribution in [0.15, 0.2) is 33.5 Å². The zero-order valence-electron chi connectivity index (χ0n) is 18.3. The second-order valence-corrected chi connectivity index (χ2v) is 11.0. The van der Waals surface area contributed by atoms with E-state index in [1.54, 1.807) is 6.07 Å². The van der Waals surface area contributed by atoms with Crippen LogP contribution in [-0.2, 0) is 35.6 Å². The van der Waals surface area contributed by atoms with Gasteiger partial charge in [0.15, 0.2) is 0 Å². The summed E-state index contributed by atoms with van der Waals surface area (Å²) in [7, 11) is -1.66. The molecule has 32 heavy (non-hydrogen) atoms. The molecule has 2 aliphatic carbocycles. The van der Waals surface area contributed by atoms with E-state index in [2.05, 4.69) is 27.7 Å². The number of benzene rings is 2. The number of piperidine rings is 1. The van der Waals surface area contributed by atoms with E-state index in [-0.39, 0.29) is 10.8 Å². The van der Waals surface area contributed by atoms with Crippen LogP contribution in [0.25, 0.3) is 0 Å². The second kappa shape index (κ2) is 8.24. The third-order valence-corrected chi connectivity index (χ3v) is 8.46. The Hall–Kier alpha value is -2.29. The number of amides is 2. The normalized spacial score (nSPS) is 21.8. The van der Waals surface area contributed by atoms with Crippen molar-refractivity contribution in [3.05, 3.63) is 57.9 Å². The van der Waals surface area contributed by atoms with Crippen molar-refractivity contribution >= 4 is 21.6 Å². The molecule has 2 aromatic carbocycles. The minimum atomic E-state index is -3.71. The number of nitrogens with zero attached hydrogens (tertiary/aromatic N) is 2. The molecule has 0 bridgehead atoms. The number of hydrogen-bond acceptors (Lipinski definition) is 3. The Morgan fingerprint density at radius 2 is 1.94 bits per heavy atom. The fraction of sp³-hybridized carbons (Fsp3) is 0.458. The van der Waals surface area contributed by atoms with Gasteiger partial charge in [-0.1, -0.05) is 12.1 Å². The molecule has 1 unspecified atom stereocenters. The maximum atomic E-state index is 14.9. The highest BCUT2D eigenvalue weighted by molar-refractivity contribution is 7.91. The Morgan fingerprint density at radius 3 is 2.66 bits per heavy atom.